The van der Waals surface area contributed by atoms with Crippen LogP contribution in [0.1, 0.15) is 0 Å². The monoisotopic (exact) mass is 305 g/mol. The van der Waals surface area contributed by atoms with Gasteiger partial charge in [0.25, 0.3) is 0 Å². The number of nitrogens with one attached hydrogen (secondary N) is 1. The van der Waals surface area contributed by atoms with Crippen LogP contribution in [0, 0.1) is 17.5 Å². The Hall–Kier alpha value is -2.84. The molecule has 0 saturated heterocycles. The normalized spacial score (nSPS) is 11.2. The molecule has 1 aromatic heterocycles. The second-order valence-corrected chi connectivity index (χ2v) is 4.59. The summed E-state index contributed by atoms with van der Waals surface area (Å²) in [4.78, 5) is 14.1. The highest BCUT2D eigenvalue weighted by Crippen LogP contribution is 2.34. The van der Waals surface area contributed by atoms with E-state index in [0.717, 1.165) is 12.1 Å². The number of nitrogens with zero attached hydrogens (tertiary/aromatic N) is 1. The molecule has 3 aromatic rings. The van der Waals surface area contributed by atoms with Crippen LogP contribution in [0.4, 0.5) is 18.9 Å². The number of anilines is 1. The molecule has 0 fully saturated rings. The number of benzene rings is 2. The van der Waals surface area contributed by atoms with E-state index in [1.165, 1.54) is 6.07 Å². The Labute approximate surface area is 122 Å². The van der Waals surface area contributed by atoms with Gasteiger partial charge < -0.3 is 15.8 Å². The average Bonchev–Trinajstić information content (AvgIpc) is 2.81. The maximum atomic E-state index is 14.1. The Morgan fingerprint density at radius 2 is 1.91 bits per heavy atom. The Balaban J connectivity index is 2.50. The second kappa shape index (κ2) is 4.59. The first-order chi connectivity index (χ1) is 10.3. The van der Waals surface area contributed by atoms with E-state index < -0.39 is 45.6 Å². The lowest BCUT2D eigenvalue weighted by atomic mass is 9.96. The lowest BCUT2D eigenvalue weighted by molar-refractivity contribution is 0.467. The fourth-order valence-corrected chi connectivity index (χ4v) is 2.21. The number of rotatable bonds is 1. The van der Waals surface area contributed by atoms with E-state index in [4.69, 9.17) is 13.6 Å². The summed E-state index contributed by atoms with van der Waals surface area (Å²) in [6, 6.07) is 3.34. The molecule has 3 rings (SSSR count). The molecule has 9 heteroatoms. The predicted octanol–water partition coefficient (Wildman–Crippen LogP) is 0.818. The zero-order valence-electron chi connectivity index (χ0n) is 10.8. The largest absolute Gasteiger partial charge is 0.504 e. The molecule has 0 amide bonds. The van der Waals surface area contributed by atoms with Gasteiger partial charge in [-0.2, -0.15) is 0 Å². The average molecular weight is 305 g/mol. The van der Waals surface area contributed by atoms with Crippen molar-refractivity contribution in [1.29, 1.82) is 0 Å². The first kappa shape index (κ1) is 14.1. The first-order valence-corrected chi connectivity index (χ1v) is 5.98. The molecule has 0 aliphatic rings. The number of H-pyrrole nitrogens is 1. The van der Waals surface area contributed by atoms with Gasteiger partial charge in [-0.05, 0) is 12.1 Å². The van der Waals surface area contributed by atoms with Crippen molar-refractivity contribution in [2.75, 3.05) is 5.73 Å². The summed E-state index contributed by atoms with van der Waals surface area (Å²) < 4.78 is 42.3. The topological polar surface area (TPSA) is 84.0 Å². The zero-order chi connectivity index (χ0) is 16.2. The molecular weight excluding hydrogens is 298 g/mol. The van der Waals surface area contributed by atoms with Gasteiger partial charge in [-0.1, -0.05) is 11.5 Å². The number of aromatic hydroxyl groups is 1. The number of phenols is 1. The molecule has 110 valence electrons. The number of aromatic amines is 1. The zero-order valence-corrected chi connectivity index (χ0v) is 10.8. The van der Waals surface area contributed by atoms with Crippen molar-refractivity contribution >= 4 is 30.0 Å². The van der Waals surface area contributed by atoms with Crippen molar-refractivity contribution in [3.05, 3.63) is 46.1 Å². The van der Waals surface area contributed by atoms with Crippen LogP contribution in [0.3, 0.4) is 0 Å². The van der Waals surface area contributed by atoms with E-state index in [2.05, 4.69) is 4.98 Å². The smallest absolute Gasteiger partial charge is 0.331 e. The minimum Gasteiger partial charge on any atom is -0.504 e. The fraction of sp³-hybridized carbons (Fsp3) is 0. The van der Waals surface area contributed by atoms with Gasteiger partial charge in [0.1, 0.15) is 30.4 Å². The molecule has 5 nitrogen and oxygen atoms in total. The van der Waals surface area contributed by atoms with E-state index >= 15 is 0 Å². The highest BCUT2D eigenvalue weighted by molar-refractivity contribution is 6.32. The van der Waals surface area contributed by atoms with Crippen molar-refractivity contribution < 1.29 is 18.3 Å². The number of fused-ring (bicyclic) bond motifs is 1. The third-order valence-electron chi connectivity index (χ3n) is 3.24. The number of hydrogen-bond donors (Lipinski definition) is 3. The third-order valence-corrected chi connectivity index (χ3v) is 3.24. The summed E-state index contributed by atoms with van der Waals surface area (Å²) in [6.45, 7) is 0. The molecule has 2 radical (unpaired) electrons. The maximum absolute atomic E-state index is 14.1. The van der Waals surface area contributed by atoms with E-state index in [1.807, 2.05) is 0 Å². The summed E-state index contributed by atoms with van der Waals surface area (Å²) in [5.74, 6) is -4.77. The highest BCUT2D eigenvalue weighted by Gasteiger charge is 2.24. The second-order valence-electron chi connectivity index (χ2n) is 4.59. The molecule has 2 aromatic carbocycles. The van der Waals surface area contributed by atoms with Crippen molar-refractivity contribution in [1.82, 2.24) is 9.55 Å². The van der Waals surface area contributed by atoms with Crippen molar-refractivity contribution in [2.45, 2.75) is 0 Å². The number of nitrogen functional groups attached to an aromatic ring is 1. The molecule has 0 bridgehead atoms. The van der Waals surface area contributed by atoms with Crippen LogP contribution in [0.2, 0.25) is 0 Å². The molecular formula is C13H7BF3N3O2. The van der Waals surface area contributed by atoms with Gasteiger partial charge in [0.05, 0.1) is 5.69 Å². The van der Waals surface area contributed by atoms with Crippen LogP contribution < -0.4 is 16.9 Å². The molecule has 0 saturated carbocycles. The maximum Gasteiger partial charge on any atom is 0.331 e. The lowest BCUT2D eigenvalue weighted by Gasteiger charge is -2.08. The third kappa shape index (κ3) is 1.78. The first-order valence-electron chi connectivity index (χ1n) is 5.98. The number of nitrogens with two attached hydrogens (primary N) is 1. The van der Waals surface area contributed by atoms with E-state index in [1.54, 1.807) is 0 Å². The Morgan fingerprint density at radius 1 is 1.23 bits per heavy atom. The van der Waals surface area contributed by atoms with Gasteiger partial charge in [-0.15, -0.1) is 0 Å². The molecule has 4 N–H and O–H groups in total. The Bertz CT molecular complexity index is 981. The standard InChI is InChI=1S/C13H7BF3N3O2/c14-4-1-2-6(5(15)3-4)20-11-8(17)7(16)9(18)12(21)10(11)19-13(20)22/h1-3,21H,18H2,(H,19,22). The van der Waals surface area contributed by atoms with E-state index in [0.29, 0.717) is 4.57 Å². The van der Waals surface area contributed by atoms with Gasteiger partial charge in [0, 0.05) is 0 Å². The van der Waals surface area contributed by atoms with Gasteiger partial charge in [-0.25, -0.2) is 18.0 Å². The molecule has 0 unspecified atom stereocenters. The number of phenolic OH excluding ortho intramolecular Hbond substituents is 1. The number of hydrogen-bond acceptors (Lipinski definition) is 3. The van der Waals surface area contributed by atoms with Crippen LogP contribution in [0.5, 0.6) is 5.75 Å². The molecule has 0 aliphatic carbocycles. The van der Waals surface area contributed by atoms with Crippen molar-refractivity contribution in [3.63, 3.8) is 0 Å². The Kier molecular flexibility index (Phi) is 2.94. The minimum atomic E-state index is -1.53. The van der Waals surface area contributed by atoms with Crippen LogP contribution in [-0.2, 0) is 0 Å². The van der Waals surface area contributed by atoms with E-state index in [9.17, 15) is 23.1 Å². The summed E-state index contributed by atoms with van der Waals surface area (Å²) in [5, 5.41) is 9.73. The molecule has 22 heavy (non-hydrogen) atoms. The fourth-order valence-electron chi connectivity index (χ4n) is 2.21. The van der Waals surface area contributed by atoms with Gasteiger partial charge in [0.15, 0.2) is 17.4 Å². The SMILES string of the molecule is [B]c1ccc(-n2c(=O)[nH]c3c(O)c(N)c(F)c(F)c32)c(F)c1. The summed E-state index contributed by atoms with van der Waals surface area (Å²) in [5.41, 5.74) is 2.03. The number of halogens is 3. The van der Waals surface area contributed by atoms with Crippen LogP contribution >= 0.6 is 0 Å². The molecule has 0 spiro atoms. The summed E-state index contributed by atoms with van der Waals surface area (Å²) >= 11 is 0. The number of imidazole rings is 1. The highest BCUT2D eigenvalue weighted by atomic mass is 19.2. The molecule has 1 heterocycles. The Morgan fingerprint density at radius 3 is 2.55 bits per heavy atom. The van der Waals surface area contributed by atoms with E-state index in [-0.39, 0.29) is 11.2 Å². The van der Waals surface area contributed by atoms with Gasteiger partial charge in [-0.3, -0.25) is 4.57 Å². The van der Waals surface area contributed by atoms with Gasteiger partial charge in [0.2, 0.25) is 0 Å². The quantitative estimate of drug-likeness (QED) is 0.353. The minimum absolute atomic E-state index is 0.0906. The predicted molar refractivity (Wildman–Crippen MR) is 75.2 cm³/mol. The lowest BCUT2D eigenvalue weighted by Crippen LogP contribution is -2.18. The molecule has 0 atom stereocenters. The summed E-state index contributed by atoms with van der Waals surface area (Å²) in [6.07, 6.45) is 0. The van der Waals surface area contributed by atoms with Crippen LogP contribution in [0.15, 0.2) is 23.0 Å². The van der Waals surface area contributed by atoms with Crippen molar-refractivity contribution in [2.24, 2.45) is 0 Å². The summed E-state index contributed by atoms with van der Waals surface area (Å²) in [7, 11) is 5.40. The van der Waals surface area contributed by atoms with Gasteiger partial charge >= 0.3 is 5.69 Å². The van der Waals surface area contributed by atoms with Crippen LogP contribution in [-0.4, -0.2) is 22.5 Å². The molecule has 0 aliphatic heterocycles. The van der Waals surface area contributed by atoms with Crippen LogP contribution in [0.25, 0.3) is 16.7 Å². The number of aromatic nitrogens is 2. The van der Waals surface area contributed by atoms with Crippen molar-refractivity contribution in [3.8, 4) is 11.4 Å².